The monoisotopic (exact) mass is 343 g/mol. The Bertz CT molecular complexity index is 689. The maximum absolute atomic E-state index is 13.6. The molecule has 7 heteroatoms. The Morgan fingerprint density at radius 2 is 1.92 bits per heavy atom. The lowest BCUT2D eigenvalue weighted by molar-refractivity contribution is -0.137. The number of halogens is 4. The van der Waals surface area contributed by atoms with Crippen LogP contribution in [0.15, 0.2) is 42.5 Å². The Hall–Kier alpha value is -2.12. The normalized spacial score (nSPS) is 12.9. The van der Waals surface area contributed by atoms with Gasteiger partial charge < -0.3 is 15.2 Å². The third-order valence-electron chi connectivity index (χ3n) is 3.50. The van der Waals surface area contributed by atoms with Crippen molar-refractivity contribution in [2.75, 3.05) is 13.7 Å². The fourth-order valence-electron chi connectivity index (χ4n) is 2.20. The van der Waals surface area contributed by atoms with Crippen LogP contribution in [-0.2, 0) is 12.7 Å². The largest absolute Gasteiger partial charge is 0.497 e. The van der Waals surface area contributed by atoms with Crippen LogP contribution in [0.3, 0.4) is 0 Å². The van der Waals surface area contributed by atoms with Crippen LogP contribution in [0.1, 0.15) is 22.8 Å². The van der Waals surface area contributed by atoms with Crippen molar-refractivity contribution in [3.05, 3.63) is 65.0 Å². The number of hydrogen-bond acceptors (Lipinski definition) is 3. The van der Waals surface area contributed by atoms with Gasteiger partial charge in [0.05, 0.1) is 18.8 Å². The lowest BCUT2D eigenvalue weighted by atomic mass is 10.1. The highest BCUT2D eigenvalue weighted by molar-refractivity contribution is 5.30. The maximum Gasteiger partial charge on any atom is 0.416 e. The van der Waals surface area contributed by atoms with E-state index in [1.807, 2.05) is 0 Å². The van der Waals surface area contributed by atoms with Crippen molar-refractivity contribution in [2.45, 2.75) is 18.8 Å². The number of aliphatic hydroxyl groups excluding tert-OH is 1. The summed E-state index contributed by atoms with van der Waals surface area (Å²) < 4.78 is 56.6. The van der Waals surface area contributed by atoms with E-state index in [-0.39, 0.29) is 18.7 Å². The quantitative estimate of drug-likeness (QED) is 0.787. The minimum Gasteiger partial charge on any atom is -0.497 e. The van der Waals surface area contributed by atoms with Crippen LogP contribution in [0, 0.1) is 5.82 Å². The minimum absolute atomic E-state index is 0.0584. The second kappa shape index (κ2) is 7.63. The van der Waals surface area contributed by atoms with Gasteiger partial charge in [0.1, 0.15) is 11.6 Å². The standard InChI is InChI=1S/C17H17F4NO2/c1-24-14-4-2-3-11(8-14)16(23)10-22-9-12-7-13(17(19,20)21)5-6-15(12)18/h2-8,16,22-23H,9-10H2,1H3. The van der Waals surface area contributed by atoms with E-state index in [9.17, 15) is 22.7 Å². The van der Waals surface area contributed by atoms with E-state index in [1.165, 1.54) is 7.11 Å². The van der Waals surface area contributed by atoms with E-state index in [2.05, 4.69) is 5.32 Å². The van der Waals surface area contributed by atoms with Gasteiger partial charge in [-0.2, -0.15) is 13.2 Å². The summed E-state index contributed by atoms with van der Waals surface area (Å²) in [7, 11) is 1.50. The summed E-state index contributed by atoms with van der Waals surface area (Å²) in [6, 6.07) is 9.03. The number of rotatable bonds is 6. The maximum atomic E-state index is 13.6. The Balaban J connectivity index is 1.98. The fraction of sp³-hybridized carbons (Fsp3) is 0.294. The van der Waals surface area contributed by atoms with Crippen molar-refractivity contribution in [3.63, 3.8) is 0 Å². The van der Waals surface area contributed by atoms with Crippen LogP contribution >= 0.6 is 0 Å². The first-order valence-corrected chi connectivity index (χ1v) is 7.19. The first kappa shape index (κ1) is 18.2. The number of benzene rings is 2. The molecule has 0 amide bonds. The Labute approximate surface area is 136 Å². The van der Waals surface area contributed by atoms with Crippen LogP contribution < -0.4 is 10.1 Å². The van der Waals surface area contributed by atoms with E-state index in [1.54, 1.807) is 24.3 Å². The summed E-state index contributed by atoms with van der Waals surface area (Å²) >= 11 is 0. The fourth-order valence-corrected chi connectivity index (χ4v) is 2.20. The molecule has 3 nitrogen and oxygen atoms in total. The molecular formula is C17H17F4NO2. The van der Waals surface area contributed by atoms with Crippen molar-refractivity contribution in [1.82, 2.24) is 5.32 Å². The first-order valence-electron chi connectivity index (χ1n) is 7.19. The van der Waals surface area contributed by atoms with E-state index < -0.39 is 23.7 Å². The van der Waals surface area contributed by atoms with Gasteiger partial charge >= 0.3 is 6.18 Å². The van der Waals surface area contributed by atoms with Crippen LogP contribution in [0.2, 0.25) is 0 Å². The Morgan fingerprint density at radius 1 is 1.17 bits per heavy atom. The molecule has 0 fully saturated rings. The highest BCUT2D eigenvalue weighted by Crippen LogP contribution is 2.30. The molecule has 0 aliphatic rings. The van der Waals surface area contributed by atoms with E-state index in [0.717, 1.165) is 12.1 Å². The lowest BCUT2D eigenvalue weighted by Gasteiger charge is -2.14. The highest BCUT2D eigenvalue weighted by Gasteiger charge is 2.31. The van der Waals surface area contributed by atoms with E-state index in [4.69, 9.17) is 4.74 Å². The molecule has 0 heterocycles. The smallest absolute Gasteiger partial charge is 0.416 e. The molecule has 0 saturated heterocycles. The molecular weight excluding hydrogens is 326 g/mol. The molecule has 2 rings (SSSR count). The number of aliphatic hydroxyl groups is 1. The Kier molecular flexibility index (Phi) is 5.80. The number of nitrogens with one attached hydrogen (secondary N) is 1. The summed E-state index contributed by atoms with van der Waals surface area (Å²) in [6.07, 6.45) is -5.42. The lowest BCUT2D eigenvalue weighted by Crippen LogP contribution is -2.22. The third-order valence-corrected chi connectivity index (χ3v) is 3.50. The highest BCUT2D eigenvalue weighted by atomic mass is 19.4. The van der Waals surface area contributed by atoms with Gasteiger partial charge in [-0.25, -0.2) is 4.39 Å². The minimum atomic E-state index is -4.53. The third kappa shape index (κ3) is 4.69. The zero-order chi connectivity index (χ0) is 17.7. The molecule has 0 aromatic heterocycles. The molecule has 0 radical (unpaired) electrons. The summed E-state index contributed by atoms with van der Waals surface area (Å²) in [5.41, 5.74) is -0.428. The molecule has 0 aliphatic carbocycles. The SMILES string of the molecule is COc1cccc(C(O)CNCc2cc(C(F)(F)F)ccc2F)c1. The molecule has 130 valence electrons. The van der Waals surface area contributed by atoms with Crippen LogP contribution in [-0.4, -0.2) is 18.8 Å². The molecule has 0 spiro atoms. The number of methoxy groups -OCH3 is 1. The van der Waals surface area contributed by atoms with Crippen molar-refractivity contribution in [2.24, 2.45) is 0 Å². The van der Waals surface area contributed by atoms with Crippen LogP contribution in [0.25, 0.3) is 0 Å². The molecule has 2 aromatic carbocycles. The average Bonchev–Trinajstić information content (AvgIpc) is 2.55. The number of ether oxygens (including phenoxy) is 1. The molecule has 0 bridgehead atoms. The zero-order valence-electron chi connectivity index (χ0n) is 12.9. The summed E-state index contributed by atoms with van der Waals surface area (Å²) in [5.74, 6) is -0.151. The summed E-state index contributed by atoms with van der Waals surface area (Å²) in [4.78, 5) is 0. The van der Waals surface area contributed by atoms with Gasteiger partial charge in [0.2, 0.25) is 0 Å². The first-order chi connectivity index (χ1) is 11.3. The average molecular weight is 343 g/mol. The second-order valence-electron chi connectivity index (χ2n) is 5.23. The molecule has 2 aromatic rings. The van der Waals surface area contributed by atoms with Crippen LogP contribution in [0.5, 0.6) is 5.75 Å². The summed E-state index contributed by atoms with van der Waals surface area (Å²) in [5, 5.41) is 12.8. The molecule has 0 aliphatic heterocycles. The number of hydrogen-bond donors (Lipinski definition) is 2. The van der Waals surface area contributed by atoms with Gasteiger partial charge in [0.15, 0.2) is 0 Å². The van der Waals surface area contributed by atoms with Gasteiger partial charge in [0, 0.05) is 18.7 Å². The summed E-state index contributed by atoms with van der Waals surface area (Å²) in [6.45, 7) is -0.0698. The Morgan fingerprint density at radius 3 is 2.58 bits per heavy atom. The van der Waals surface area contributed by atoms with Gasteiger partial charge in [-0.05, 0) is 35.9 Å². The second-order valence-corrected chi connectivity index (χ2v) is 5.23. The predicted molar refractivity (Wildman–Crippen MR) is 81.1 cm³/mol. The van der Waals surface area contributed by atoms with Crippen LogP contribution in [0.4, 0.5) is 17.6 Å². The van der Waals surface area contributed by atoms with Crippen molar-refractivity contribution in [3.8, 4) is 5.75 Å². The molecule has 0 saturated carbocycles. The van der Waals surface area contributed by atoms with Crippen molar-refractivity contribution in [1.29, 1.82) is 0 Å². The molecule has 2 N–H and O–H groups in total. The van der Waals surface area contributed by atoms with Crippen molar-refractivity contribution < 1.29 is 27.4 Å². The zero-order valence-corrected chi connectivity index (χ0v) is 12.9. The number of alkyl halides is 3. The van der Waals surface area contributed by atoms with Crippen molar-refractivity contribution >= 4 is 0 Å². The van der Waals surface area contributed by atoms with Gasteiger partial charge in [0.25, 0.3) is 0 Å². The molecule has 1 unspecified atom stereocenters. The predicted octanol–water partition coefficient (Wildman–Crippen LogP) is 3.68. The van der Waals surface area contributed by atoms with E-state index in [0.29, 0.717) is 17.4 Å². The topological polar surface area (TPSA) is 41.5 Å². The van der Waals surface area contributed by atoms with Gasteiger partial charge in [-0.1, -0.05) is 12.1 Å². The van der Waals surface area contributed by atoms with E-state index >= 15 is 0 Å². The van der Waals surface area contributed by atoms with Gasteiger partial charge in [-0.3, -0.25) is 0 Å². The molecule has 1 atom stereocenters. The molecule has 24 heavy (non-hydrogen) atoms. The van der Waals surface area contributed by atoms with Gasteiger partial charge in [-0.15, -0.1) is 0 Å².